The molecule has 1 aliphatic heterocycles. The molecule has 9 heavy (non-hydrogen) atoms. The van der Waals surface area contributed by atoms with E-state index in [0.717, 1.165) is 12.8 Å². The number of ether oxygens (including phenoxy) is 1. The van der Waals surface area contributed by atoms with Gasteiger partial charge in [0.25, 0.3) is 0 Å². The van der Waals surface area contributed by atoms with E-state index in [4.69, 9.17) is 4.74 Å². The summed E-state index contributed by atoms with van der Waals surface area (Å²) in [6.45, 7) is 8.74. The molecule has 0 bridgehead atoms. The average molecular weight is 128 g/mol. The van der Waals surface area contributed by atoms with E-state index in [1.165, 1.54) is 0 Å². The number of rotatable bonds is 2. The molecular weight excluding hydrogens is 112 g/mol. The van der Waals surface area contributed by atoms with Crippen LogP contribution in [0.15, 0.2) is 0 Å². The maximum Gasteiger partial charge on any atom is 0.0946 e. The first-order chi connectivity index (χ1) is 4.08. The first-order valence-electron chi connectivity index (χ1n) is 3.78. The lowest BCUT2D eigenvalue weighted by molar-refractivity contribution is 0.271. The highest BCUT2D eigenvalue weighted by molar-refractivity contribution is 5.08. The van der Waals surface area contributed by atoms with Crippen LogP contribution in [0.25, 0.3) is 0 Å². The third kappa shape index (κ3) is 0.787. The summed E-state index contributed by atoms with van der Waals surface area (Å²) in [6.07, 6.45) is 2.27. The van der Waals surface area contributed by atoms with Crippen LogP contribution in [0.5, 0.6) is 0 Å². The molecule has 0 saturated carbocycles. The van der Waals surface area contributed by atoms with Crippen LogP contribution in [0.1, 0.15) is 40.5 Å². The van der Waals surface area contributed by atoms with Crippen LogP contribution in [0, 0.1) is 0 Å². The zero-order valence-electron chi connectivity index (χ0n) is 6.82. The Balaban J connectivity index is 2.54. The predicted octanol–water partition coefficient (Wildman–Crippen LogP) is 2.35. The molecule has 0 aromatic heterocycles. The Bertz CT molecular complexity index is 108. The fourth-order valence-corrected chi connectivity index (χ4v) is 1.36. The van der Waals surface area contributed by atoms with E-state index in [-0.39, 0.29) is 11.2 Å². The molecule has 0 aromatic carbocycles. The van der Waals surface area contributed by atoms with Gasteiger partial charge in [0.1, 0.15) is 0 Å². The minimum atomic E-state index is 0.196. The monoisotopic (exact) mass is 128 g/mol. The number of hydrogen-bond acceptors (Lipinski definition) is 1. The molecule has 0 radical (unpaired) electrons. The van der Waals surface area contributed by atoms with Crippen molar-refractivity contribution in [2.75, 3.05) is 0 Å². The molecule has 0 N–H and O–H groups in total. The summed E-state index contributed by atoms with van der Waals surface area (Å²) in [7, 11) is 0. The van der Waals surface area contributed by atoms with Crippen LogP contribution < -0.4 is 0 Å². The quantitative estimate of drug-likeness (QED) is 0.520. The highest BCUT2D eigenvalue weighted by Crippen LogP contribution is 2.51. The summed E-state index contributed by atoms with van der Waals surface area (Å²) >= 11 is 0. The van der Waals surface area contributed by atoms with Gasteiger partial charge in [-0.15, -0.1) is 0 Å². The smallest absolute Gasteiger partial charge is 0.0946 e. The molecule has 0 aliphatic carbocycles. The van der Waals surface area contributed by atoms with E-state index in [1.807, 2.05) is 0 Å². The molecule has 1 heterocycles. The predicted molar refractivity (Wildman–Crippen MR) is 38.5 cm³/mol. The molecule has 0 unspecified atom stereocenters. The van der Waals surface area contributed by atoms with Crippen molar-refractivity contribution in [2.45, 2.75) is 51.7 Å². The summed E-state index contributed by atoms with van der Waals surface area (Å²) in [5.74, 6) is 0. The van der Waals surface area contributed by atoms with Crippen LogP contribution >= 0.6 is 0 Å². The zero-order valence-corrected chi connectivity index (χ0v) is 6.82. The number of epoxide rings is 1. The van der Waals surface area contributed by atoms with Gasteiger partial charge < -0.3 is 4.74 Å². The van der Waals surface area contributed by atoms with E-state index in [9.17, 15) is 0 Å². The summed E-state index contributed by atoms with van der Waals surface area (Å²) < 4.78 is 5.59. The second-order valence-corrected chi connectivity index (χ2v) is 3.27. The van der Waals surface area contributed by atoms with E-state index in [0.29, 0.717) is 0 Å². The van der Waals surface area contributed by atoms with Crippen LogP contribution in [-0.2, 0) is 4.74 Å². The van der Waals surface area contributed by atoms with Crippen molar-refractivity contribution in [1.29, 1.82) is 0 Å². The minimum absolute atomic E-state index is 0.196. The molecule has 1 fully saturated rings. The molecule has 1 rings (SSSR count). The number of hydrogen-bond donors (Lipinski definition) is 0. The standard InChI is InChI=1S/C8H16O/c1-5-7(3)8(4,6-2)9-7/h5-6H2,1-4H3/t7-,8+. The van der Waals surface area contributed by atoms with E-state index in [2.05, 4.69) is 27.7 Å². The lowest BCUT2D eigenvalue weighted by atomic mass is 9.92. The topological polar surface area (TPSA) is 12.5 Å². The van der Waals surface area contributed by atoms with Crippen molar-refractivity contribution in [1.82, 2.24) is 0 Å². The second kappa shape index (κ2) is 1.72. The average Bonchev–Trinajstić information content (AvgIpc) is 2.39. The Morgan fingerprint density at radius 3 is 1.44 bits per heavy atom. The molecule has 0 aromatic rings. The Morgan fingerprint density at radius 2 is 1.33 bits per heavy atom. The molecule has 54 valence electrons. The van der Waals surface area contributed by atoms with Gasteiger partial charge in [-0.05, 0) is 26.7 Å². The molecular formula is C8H16O. The highest BCUT2D eigenvalue weighted by Gasteiger charge is 2.60. The Labute approximate surface area is 57.4 Å². The fourth-order valence-electron chi connectivity index (χ4n) is 1.36. The first kappa shape index (κ1) is 7.07. The van der Waals surface area contributed by atoms with E-state index >= 15 is 0 Å². The summed E-state index contributed by atoms with van der Waals surface area (Å²) in [4.78, 5) is 0. The maximum atomic E-state index is 5.59. The third-order valence-electron chi connectivity index (χ3n) is 2.88. The van der Waals surface area contributed by atoms with Gasteiger partial charge in [0.15, 0.2) is 0 Å². The van der Waals surface area contributed by atoms with Crippen LogP contribution in [-0.4, -0.2) is 11.2 Å². The lowest BCUT2D eigenvalue weighted by Gasteiger charge is -2.05. The maximum absolute atomic E-state index is 5.59. The van der Waals surface area contributed by atoms with Gasteiger partial charge in [0, 0.05) is 0 Å². The fraction of sp³-hybridized carbons (Fsp3) is 1.00. The molecule has 1 aliphatic rings. The van der Waals surface area contributed by atoms with Crippen molar-refractivity contribution in [3.8, 4) is 0 Å². The van der Waals surface area contributed by atoms with Crippen LogP contribution in [0.4, 0.5) is 0 Å². The molecule has 0 spiro atoms. The van der Waals surface area contributed by atoms with Crippen molar-refractivity contribution in [3.63, 3.8) is 0 Å². The van der Waals surface area contributed by atoms with Gasteiger partial charge in [0.2, 0.25) is 0 Å². The van der Waals surface area contributed by atoms with Gasteiger partial charge in [-0.2, -0.15) is 0 Å². The highest BCUT2D eigenvalue weighted by atomic mass is 16.6. The molecule has 1 nitrogen and oxygen atoms in total. The largest absolute Gasteiger partial charge is 0.363 e. The SMILES string of the molecule is CC[C@@]1(C)O[C@@]1(C)CC. The van der Waals surface area contributed by atoms with Crippen LogP contribution in [0.2, 0.25) is 0 Å². The minimum Gasteiger partial charge on any atom is -0.363 e. The lowest BCUT2D eigenvalue weighted by Crippen LogP contribution is -2.17. The Hall–Kier alpha value is -0.0400. The van der Waals surface area contributed by atoms with Crippen molar-refractivity contribution in [2.24, 2.45) is 0 Å². The van der Waals surface area contributed by atoms with E-state index in [1.54, 1.807) is 0 Å². The van der Waals surface area contributed by atoms with Gasteiger partial charge in [-0.1, -0.05) is 13.8 Å². The van der Waals surface area contributed by atoms with Gasteiger partial charge in [-0.25, -0.2) is 0 Å². The normalized spacial score (nSPS) is 49.3. The second-order valence-electron chi connectivity index (χ2n) is 3.27. The van der Waals surface area contributed by atoms with Gasteiger partial charge in [-0.3, -0.25) is 0 Å². The van der Waals surface area contributed by atoms with Gasteiger partial charge >= 0.3 is 0 Å². The van der Waals surface area contributed by atoms with Crippen LogP contribution in [0.3, 0.4) is 0 Å². The molecule has 1 saturated heterocycles. The molecule has 0 amide bonds. The summed E-state index contributed by atoms with van der Waals surface area (Å²) in [5, 5.41) is 0. The zero-order chi connectivity index (χ0) is 7.12. The van der Waals surface area contributed by atoms with Crippen molar-refractivity contribution < 1.29 is 4.74 Å². The van der Waals surface area contributed by atoms with Crippen molar-refractivity contribution >= 4 is 0 Å². The Morgan fingerprint density at radius 1 is 1.00 bits per heavy atom. The summed E-state index contributed by atoms with van der Waals surface area (Å²) in [5.41, 5.74) is 0.392. The van der Waals surface area contributed by atoms with Gasteiger partial charge in [0.05, 0.1) is 11.2 Å². The van der Waals surface area contributed by atoms with E-state index < -0.39 is 0 Å². The molecule has 1 heteroatoms. The molecule has 2 atom stereocenters. The Kier molecular flexibility index (Phi) is 1.35. The first-order valence-corrected chi connectivity index (χ1v) is 3.78. The summed E-state index contributed by atoms with van der Waals surface area (Å²) in [6, 6.07) is 0. The van der Waals surface area contributed by atoms with Crippen molar-refractivity contribution in [3.05, 3.63) is 0 Å². The third-order valence-corrected chi connectivity index (χ3v) is 2.88.